The summed E-state index contributed by atoms with van der Waals surface area (Å²) in [7, 11) is 3.43. The number of nitrogens with one attached hydrogen (secondary N) is 2. The molecule has 0 bridgehead atoms. The lowest BCUT2D eigenvalue weighted by atomic mass is 10.2. The molecule has 0 aromatic heterocycles. The summed E-state index contributed by atoms with van der Waals surface area (Å²) < 4.78 is 10.5. The van der Waals surface area contributed by atoms with Crippen molar-refractivity contribution in [3.63, 3.8) is 0 Å². The molecule has 2 rings (SSSR count). The van der Waals surface area contributed by atoms with E-state index in [0.29, 0.717) is 13.1 Å². The van der Waals surface area contributed by atoms with E-state index in [4.69, 9.17) is 9.47 Å². The third-order valence-corrected chi connectivity index (χ3v) is 4.03. The minimum atomic E-state index is -0.488. The lowest BCUT2D eigenvalue weighted by Crippen LogP contribution is -2.44. The minimum absolute atomic E-state index is 0.0596. The molecule has 1 saturated heterocycles. The first-order valence-electron chi connectivity index (χ1n) is 8.89. The zero-order chi connectivity index (χ0) is 19.2. The summed E-state index contributed by atoms with van der Waals surface area (Å²) in [6, 6.07) is 7.99. The van der Waals surface area contributed by atoms with Crippen LogP contribution in [0.3, 0.4) is 0 Å². The second-order valence-electron chi connectivity index (χ2n) is 7.33. The number of methoxy groups -OCH3 is 1. The van der Waals surface area contributed by atoms with E-state index in [0.717, 1.165) is 30.2 Å². The Hall–Kier alpha value is -2.44. The van der Waals surface area contributed by atoms with Crippen LogP contribution in [0.5, 0.6) is 5.75 Å². The maximum atomic E-state index is 11.9. The van der Waals surface area contributed by atoms with E-state index in [1.807, 2.05) is 45.0 Å². The second-order valence-corrected chi connectivity index (χ2v) is 7.33. The number of alkyl carbamates (subject to hydrolysis) is 1. The fourth-order valence-electron chi connectivity index (χ4n) is 2.80. The van der Waals surface area contributed by atoms with Gasteiger partial charge in [0.2, 0.25) is 0 Å². The average Bonchev–Trinajstić information content (AvgIpc) is 3.02. The summed E-state index contributed by atoms with van der Waals surface area (Å²) in [5.41, 5.74) is 0.660. The van der Waals surface area contributed by atoms with Crippen LogP contribution in [-0.4, -0.2) is 55.8 Å². The molecule has 0 saturated carbocycles. The van der Waals surface area contributed by atoms with Crippen molar-refractivity contribution < 1.29 is 14.3 Å². The molecule has 1 heterocycles. The van der Waals surface area contributed by atoms with Gasteiger partial charge in [0, 0.05) is 26.7 Å². The first kappa shape index (κ1) is 19.9. The summed E-state index contributed by atoms with van der Waals surface area (Å²) in [5, 5.41) is 6.30. The van der Waals surface area contributed by atoms with Crippen LogP contribution in [-0.2, 0) is 11.3 Å². The summed E-state index contributed by atoms with van der Waals surface area (Å²) in [4.78, 5) is 18.4. The number of benzene rings is 1. The molecule has 0 aliphatic carbocycles. The number of rotatable bonds is 4. The second kappa shape index (κ2) is 8.78. The fourth-order valence-corrected chi connectivity index (χ4v) is 2.80. The smallest absolute Gasteiger partial charge is 0.407 e. The molecule has 1 aliphatic rings. The standard InChI is InChI=1S/C19H30N4O3/c1-19(2,3)26-18(24)22-15-10-11-23(13-15)17(20-4)21-12-14-6-8-16(25-5)9-7-14/h6-9,15H,10-13H2,1-5H3,(H,20,21)(H,22,24). The zero-order valence-electron chi connectivity index (χ0n) is 16.3. The van der Waals surface area contributed by atoms with Gasteiger partial charge in [0.15, 0.2) is 5.96 Å². The molecular formula is C19H30N4O3. The number of nitrogens with zero attached hydrogens (tertiary/aromatic N) is 2. The van der Waals surface area contributed by atoms with Gasteiger partial charge >= 0.3 is 6.09 Å². The highest BCUT2D eigenvalue weighted by molar-refractivity contribution is 5.80. The number of ether oxygens (including phenoxy) is 2. The molecule has 1 unspecified atom stereocenters. The Morgan fingerprint density at radius 2 is 2.00 bits per heavy atom. The molecule has 0 spiro atoms. The van der Waals surface area contributed by atoms with E-state index in [1.165, 1.54) is 0 Å². The van der Waals surface area contributed by atoms with Gasteiger partial charge in [0.1, 0.15) is 11.4 Å². The van der Waals surface area contributed by atoms with Gasteiger partial charge in [-0.2, -0.15) is 0 Å². The third kappa shape index (κ3) is 6.13. The van der Waals surface area contributed by atoms with Crippen LogP contribution >= 0.6 is 0 Å². The van der Waals surface area contributed by atoms with Crippen LogP contribution in [0.25, 0.3) is 0 Å². The van der Waals surface area contributed by atoms with Crippen molar-refractivity contribution in [3.8, 4) is 5.75 Å². The molecule has 1 aliphatic heterocycles. The topological polar surface area (TPSA) is 75.2 Å². The lowest BCUT2D eigenvalue weighted by molar-refractivity contribution is 0.0507. The fraction of sp³-hybridized carbons (Fsp3) is 0.579. The third-order valence-electron chi connectivity index (χ3n) is 4.03. The Labute approximate surface area is 155 Å². The highest BCUT2D eigenvalue weighted by Gasteiger charge is 2.27. The number of amides is 1. The first-order valence-corrected chi connectivity index (χ1v) is 8.89. The van der Waals surface area contributed by atoms with E-state index < -0.39 is 5.60 Å². The minimum Gasteiger partial charge on any atom is -0.497 e. The van der Waals surface area contributed by atoms with Crippen molar-refractivity contribution in [1.82, 2.24) is 15.5 Å². The quantitative estimate of drug-likeness (QED) is 0.635. The van der Waals surface area contributed by atoms with Crippen LogP contribution < -0.4 is 15.4 Å². The normalized spacial score (nSPS) is 17.8. The molecule has 1 amide bonds. The molecule has 1 aromatic carbocycles. The number of likely N-dealkylation sites (tertiary alicyclic amines) is 1. The van der Waals surface area contributed by atoms with E-state index >= 15 is 0 Å². The van der Waals surface area contributed by atoms with Gasteiger partial charge in [-0.1, -0.05) is 12.1 Å². The Morgan fingerprint density at radius 3 is 2.58 bits per heavy atom. The maximum Gasteiger partial charge on any atom is 0.407 e. The summed E-state index contributed by atoms with van der Waals surface area (Å²) in [6.45, 7) is 7.80. The largest absolute Gasteiger partial charge is 0.497 e. The van der Waals surface area contributed by atoms with Gasteiger partial charge in [-0.05, 0) is 44.9 Å². The average molecular weight is 362 g/mol. The summed E-state index contributed by atoms with van der Waals surface area (Å²) in [5.74, 6) is 1.67. The van der Waals surface area contributed by atoms with E-state index in [-0.39, 0.29) is 12.1 Å². The van der Waals surface area contributed by atoms with Crippen LogP contribution in [0.2, 0.25) is 0 Å². The molecule has 1 fully saturated rings. The van der Waals surface area contributed by atoms with Gasteiger partial charge in [-0.3, -0.25) is 4.99 Å². The van der Waals surface area contributed by atoms with Crippen LogP contribution in [0.15, 0.2) is 29.3 Å². The van der Waals surface area contributed by atoms with Crippen molar-refractivity contribution in [2.24, 2.45) is 4.99 Å². The van der Waals surface area contributed by atoms with Crippen molar-refractivity contribution >= 4 is 12.1 Å². The lowest BCUT2D eigenvalue weighted by Gasteiger charge is -2.23. The van der Waals surface area contributed by atoms with Crippen LogP contribution in [0.1, 0.15) is 32.8 Å². The number of guanidine groups is 1. The monoisotopic (exact) mass is 362 g/mol. The molecule has 1 aromatic rings. The Bertz CT molecular complexity index is 623. The maximum absolute atomic E-state index is 11.9. The Morgan fingerprint density at radius 1 is 1.31 bits per heavy atom. The molecule has 26 heavy (non-hydrogen) atoms. The molecule has 7 nitrogen and oxygen atoms in total. The van der Waals surface area contributed by atoms with Crippen molar-refractivity contribution in [1.29, 1.82) is 0 Å². The van der Waals surface area contributed by atoms with E-state index in [1.54, 1.807) is 14.2 Å². The molecule has 1 atom stereocenters. The summed E-state index contributed by atoms with van der Waals surface area (Å²) in [6.07, 6.45) is 0.494. The van der Waals surface area contributed by atoms with E-state index in [2.05, 4.69) is 20.5 Å². The number of aliphatic imine (C=N–C) groups is 1. The van der Waals surface area contributed by atoms with Crippen molar-refractivity contribution in [3.05, 3.63) is 29.8 Å². The number of carbonyl (C=O) groups excluding carboxylic acids is 1. The van der Waals surface area contributed by atoms with Gasteiger partial charge in [-0.25, -0.2) is 4.79 Å². The number of hydrogen-bond acceptors (Lipinski definition) is 4. The highest BCUT2D eigenvalue weighted by Crippen LogP contribution is 2.13. The molecule has 144 valence electrons. The zero-order valence-corrected chi connectivity index (χ0v) is 16.3. The van der Waals surface area contributed by atoms with Crippen LogP contribution in [0.4, 0.5) is 4.79 Å². The SMILES string of the molecule is CN=C(NCc1ccc(OC)cc1)N1CCC(NC(=O)OC(C)(C)C)C1. The molecule has 7 heteroatoms. The molecule has 0 radical (unpaired) electrons. The number of hydrogen-bond donors (Lipinski definition) is 2. The van der Waals surface area contributed by atoms with Crippen molar-refractivity contribution in [2.45, 2.75) is 45.4 Å². The van der Waals surface area contributed by atoms with Crippen molar-refractivity contribution in [2.75, 3.05) is 27.2 Å². The Kier molecular flexibility index (Phi) is 6.71. The van der Waals surface area contributed by atoms with Gasteiger partial charge in [0.25, 0.3) is 0 Å². The molecular weight excluding hydrogens is 332 g/mol. The van der Waals surface area contributed by atoms with Gasteiger partial charge in [-0.15, -0.1) is 0 Å². The van der Waals surface area contributed by atoms with Gasteiger partial charge in [0.05, 0.1) is 13.2 Å². The first-order chi connectivity index (χ1) is 12.3. The Balaban J connectivity index is 1.82. The molecule has 2 N–H and O–H groups in total. The van der Waals surface area contributed by atoms with Crippen LogP contribution in [0, 0.1) is 0 Å². The highest BCUT2D eigenvalue weighted by atomic mass is 16.6. The predicted octanol–water partition coefficient (Wildman–Crippen LogP) is 2.37. The van der Waals surface area contributed by atoms with E-state index in [9.17, 15) is 4.79 Å². The van der Waals surface area contributed by atoms with Gasteiger partial charge < -0.3 is 25.0 Å². The summed E-state index contributed by atoms with van der Waals surface area (Å²) >= 11 is 0. The number of carbonyl (C=O) groups is 1. The predicted molar refractivity (Wildman–Crippen MR) is 103 cm³/mol.